The van der Waals surface area contributed by atoms with Crippen molar-refractivity contribution in [1.82, 2.24) is 0 Å². The average molecular weight is 89.5 g/mol. The second-order valence-electron chi connectivity index (χ2n) is 0.386. The fourth-order valence-electron chi connectivity index (χ4n) is 0. The van der Waals surface area contributed by atoms with Crippen LogP contribution in [0.3, 0.4) is 0 Å². The number of nitriles is 1. The molecule has 0 aliphatic carbocycles. The minimum absolute atomic E-state index is 0.968. The minimum atomic E-state index is -0.968. The lowest BCUT2D eigenvalue weighted by Gasteiger charge is -1.49. The van der Waals surface area contributed by atoms with Crippen LogP contribution in [0.25, 0.3) is 0 Å². The highest BCUT2D eigenvalue weighted by Crippen LogP contribution is 1.68. The third-order valence-electron chi connectivity index (χ3n) is 0.0879. The molecule has 0 N–H and O–H groups in total. The van der Waals surface area contributed by atoms with Gasteiger partial charge in [-0.1, -0.05) is 0 Å². The van der Waals surface area contributed by atoms with Crippen LogP contribution in [0.1, 0.15) is 0 Å². The summed E-state index contributed by atoms with van der Waals surface area (Å²) in [4.78, 5) is 9.22. The second kappa shape index (κ2) is 1.74. The SMILES string of the molecule is N#CC(=O)Cl. The fraction of sp³-hybridized carbons (Fsp3) is 0. The van der Waals surface area contributed by atoms with Crippen molar-refractivity contribution >= 4 is 16.8 Å². The lowest BCUT2D eigenvalue weighted by atomic mass is 10.9. The van der Waals surface area contributed by atoms with Gasteiger partial charge in [0, 0.05) is 0 Å². The Morgan fingerprint density at radius 2 is 2.20 bits per heavy atom. The van der Waals surface area contributed by atoms with Crippen LogP contribution in [0.2, 0.25) is 0 Å². The summed E-state index contributed by atoms with van der Waals surface area (Å²) in [5.74, 6) is 0. The van der Waals surface area contributed by atoms with Gasteiger partial charge in [0.15, 0.2) is 6.07 Å². The zero-order chi connectivity index (χ0) is 4.28. The predicted molar refractivity (Wildman–Crippen MR) is 16.5 cm³/mol. The van der Waals surface area contributed by atoms with Gasteiger partial charge in [-0.05, 0) is 11.6 Å². The van der Waals surface area contributed by atoms with Gasteiger partial charge < -0.3 is 0 Å². The normalized spacial score (nSPS) is 5.60. The second-order valence-corrected chi connectivity index (χ2v) is 0.729. The highest BCUT2D eigenvalue weighted by atomic mass is 35.5. The molecule has 0 aromatic carbocycles. The highest BCUT2D eigenvalue weighted by Gasteiger charge is 1.80. The molecule has 0 rings (SSSR count). The molecular weight excluding hydrogens is 89.5 g/mol. The molecule has 0 radical (unpaired) electrons. The summed E-state index contributed by atoms with van der Waals surface area (Å²) in [6, 6.07) is 1.15. The third kappa shape index (κ3) is 3.45. The Morgan fingerprint density at radius 1 is 2.00 bits per heavy atom. The first-order valence-corrected chi connectivity index (χ1v) is 1.24. The smallest absolute Gasteiger partial charge is 0.264 e. The summed E-state index contributed by atoms with van der Waals surface area (Å²) in [5, 5.41) is 6.44. The molecule has 3 heteroatoms. The van der Waals surface area contributed by atoms with Crippen LogP contribution >= 0.6 is 11.6 Å². The molecule has 0 fully saturated rings. The number of hydrogen-bond donors (Lipinski definition) is 0. The quantitative estimate of drug-likeness (QED) is 0.316. The molecule has 0 amide bonds. The lowest BCUT2D eigenvalue weighted by Crippen LogP contribution is -1.69. The van der Waals surface area contributed by atoms with Gasteiger partial charge in [-0.2, -0.15) is 5.26 Å². The van der Waals surface area contributed by atoms with E-state index >= 15 is 0 Å². The van der Waals surface area contributed by atoms with Gasteiger partial charge in [0.2, 0.25) is 0 Å². The lowest BCUT2D eigenvalue weighted by molar-refractivity contribution is -0.107. The Balaban J connectivity index is 3.35. The molecule has 0 bridgehead atoms. The van der Waals surface area contributed by atoms with Crippen LogP contribution in [0.4, 0.5) is 0 Å². The maximum absolute atomic E-state index is 9.22. The zero-order valence-corrected chi connectivity index (χ0v) is 2.99. The summed E-state index contributed by atoms with van der Waals surface area (Å²) in [6.07, 6.45) is 0. The first-order valence-electron chi connectivity index (χ1n) is 0.867. The number of rotatable bonds is 0. The largest absolute Gasteiger partial charge is 0.322 e. The molecule has 0 atom stereocenters. The topological polar surface area (TPSA) is 40.9 Å². The number of nitrogens with zero attached hydrogens (tertiary/aromatic N) is 1. The van der Waals surface area contributed by atoms with E-state index in [-0.39, 0.29) is 0 Å². The van der Waals surface area contributed by atoms with E-state index in [0.717, 1.165) is 6.07 Å². The molecule has 2 nitrogen and oxygen atoms in total. The van der Waals surface area contributed by atoms with Gasteiger partial charge in [0.05, 0.1) is 0 Å². The third-order valence-corrected chi connectivity index (χ3v) is 0.172. The predicted octanol–water partition coefficient (Wildman–Crippen LogP) is 0.275. The van der Waals surface area contributed by atoms with Crippen molar-refractivity contribution in [3.63, 3.8) is 0 Å². The molecule has 0 saturated carbocycles. The fourth-order valence-corrected chi connectivity index (χ4v) is 0. The maximum atomic E-state index is 9.22. The summed E-state index contributed by atoms with van der Waals surface area (Å²) < 4.78 is 0. The van der Waals surface area contributed by atoms with Crippen molar-refractivity contribution in [2.75, 3.05) is 0 Å². The van der Waals surface area contributed by atoms with E-state index in [1.54, 1.807) is 0 Å². The van der Waals surface area contributed by atoms with Crippen molar-refractivity contribution in [2.45, 2.75) is 0 Å². The molecule has 0 heterocycles. The maximum Gasteiger partial charge on any atom is 0.322 e. The highest BCUT2D eigenvalue weighted by molar-refractivity contribution is 6.67. The molecule has 0 aromatic rings. The van der Waals surface area contributed by atoms with Gasteiger partial charge in [-0.25, -0.2) is 0 Å². The molecule has 0 spiro atoms. The Hall–Kier alpha value is -0.550. The van der Waals surface area contributed by atoms with E-state index in [1.807, 2.05) is 0 Å². The summed E-state index contributed by atoms with van der Waals surface area (Å²) in [6.45, 7) is 0. The van der Waals surface area contributed by atoms with E-state index in [9.17, 15) is 4.79 Å². The summed E-state index contributed by atoms with van der Waals surface area (Å²) >= 11 is 4.46. The van der Waals surface area contributed by atoms with Crippen LogP contribution in [0.5, 0.6) is 0 Å². The summed E-state index contributed by atoms with van der Waals surface area (Å²) in [7, 11) is 0. The van der Waals surface area contributed by atoms with E-state index in [0.29, 0.717) is 0 Å². The molecule has 5 heavy (non-hydrogen) atoms. The van der Waals surface area contributed by atoms with Crippen LogP contribution in [0.15, 0.2) is 0 Å². The zero-order valence-electron chi connectivity index (χ0n) is 2.23. The van der Waals surface area contributed by atoms with Gasteiger partial charge in [-0.15, -0.1) is 0 Å². The van der Waals surface area contributed by atoms with Crippen molar-refractivity contribution in [2.24, 2.45) is 0 Å². The molecule has 0 saturated heterocycles. The number of halogens is 1. The summed E-state index contributed by atoms with van der Waals surface area (Å²) in [5.41, 5.74) is 0. The van der Waals surface area contributed by atoms with Gasteiger partial charge in [0.1, 0.15) is 0 Å². The van der Waals surface area contributed by atoms with E-state index in [4.69, 9.17) is 5.26 Å². The van der Waals surface area contributed by atoms with E-state index < -0.39 is 5.24 Å². The average Bonchev–Trinajstić information content (AvgIpc) is 1.38. The molecular formula is C2ClNO. The monoisotopic (exact) mass is 89.0 g/mol. The van der Waals surface area contributed by atoms with Gasteiger partial charge >= 0.3 is 5.24 Å². The Bertz CT molecular complexity index is 82.1. The number of hydrogen-bond acceptors (Lipinski definition) is 2. The standard InChI is InChI=1S/C2ClNO/c3-2(5)1-4. The molecule has 0 aliphatic rings. The minimum Gasteiger partial charge on any atom is -0.264 e. The van der Waals surface area contributed by atoms with Crippen molar-refractivity contribution in [3.8, 4) is 6.07 Å². The molecule has 26 valence electrons. The van der Waals surface area contributed by atoms with Crippen molar-refractivity contribution in [1.29, 1.82) is 5.26 Å². The molecule has 0 unspecified atom stereocenters. The van der Waals surface area contributed by atoms with Crippen LogP contribution in [-0.2, 0) is 4.79 Å². The molecule has 0 aliphatic heterocycles. The first kappa shape index (κ1) is 4.45. The van der Waals surface area contributed by atoms with Crippen molar-refractivity contribution < 1.29 is 4.79 Å². The van der Waals surface area contributed by atoms with Crippen molar-refractivity contribution in [3.05, 3.63) is 0 Å². The van der Waals surface area contributed by atoms with Crippen LogP contribution in [-0.4, -0.2) is 5.24 Å². The molecule has 0 aromatic heterocycles. The van der Waals surface area contributed by atoms with Crippen LogP contribution in [0, 0.1) is 11.3 Å². The van der Waals surface area contributed by atoms with Crippen LogP contribution < -0.4 is 0 Å². The Labute approximate surface area is 34.0 Å². The van der Waals surface area contributed by atoms with E-state index in [1.165, 1.54) is 0 Å². The van der Waals surface area contributed by atoms with Gasteiger partial charge in [-0.3, -0.25) is 4.79 Å². The Morgan fingerprint density at radius 3 is 2.20 bits per heavy atom. The Kier molecular flexibility index (Phi) is 1.55. The van der Waals surface area contributed by atoms with Gasteiger partial charge in [0.25, 0.3) is 0 Å². The van der Waals surface area contributed by atoms with E-state index in [2.05, 4.69) is 11.6 Å². The number of carbonyl (C=O) groups is 1. The first-order chi connectivity index (χ1) is 2.27. The number of carbonyl (C=O) groups excluding carboxylic acids is 1.